The zero-order valence-electron chi connectivity index (χ0n) is 12.2. The first-order chi connectivity index (χ1) is 9.69. The molecule has 20 heavy (non-hydrogen) atoms. The van der Waals surface area contributed by atoms with Gasteiger partial charge >= 0.3 is 0 Å². The minimum atomic E-state index is 0.427. The first-order valence-electron chi connectivity index (χ1n) is 7.15. The van der Waals surface area contributed by atoms with Gasteiger partial charge in [0.25, 0.3) is 0 Å². The first-order valence-corrected chi connectivity index (χ1v) is 7.15. The number of rotatable bonds is 3. The molecule has 0 saturated heterocycles. The molecule has 0 amide bonds. The molecular formula is C16H20N4. The van der Waals surface area contributed by atoms with E-state index >= 15 is 0 Å². The van der Waals surface area contributed by atoms with Crippen molar-refractivity contribution >= 4 is 17.5 Å². The van der Waals surface area contributed by atoms with E-state index < -0.39 is 0 Å². The Balaban J connectivity index is 2.04. The van der Waals surface area contributed by atoms with Gasteiger partial charge in [0, 0.05) is 30.0 Å². The summed E-state index contributed by atoms with van der Waals surface area (Å²) in [7, 11) is 0. The molecule has 1 N–H and O–H groups in total. The van der Waals surface area contributed by atoms with Gasteiger partial charge in [0.05, 0.1) is 0 Å². The molecule has 1 aliphatic heterocycles. The average molecular weight is 268 g/mol. The fourth-order valence-corrected chi connectivity index (χ4v) is 2.83. The lowest BCUT2D eigenvalue weighted by Crippen LogP contribution is -2.25. The number of nitrogens with one attached hydrogen (secondary N) is 1. The monoisotopic (exact) mass is 268 g/mol. The third-order valence-electron chi connectivity index (χ3n) is 3.63. The standard InChI is InChI=1S/C16H20N4/c1-4-17-16-18-11(2)9-15(19-16)20-12(3)10-13-7-5-6-8-14(13)20/h5-9,12H,4,10H2,1-3H3,(H,17,18,19). The summed E-state index contributed by atoms with van der Waals surface area (Å²) in [5.74, 6) is 1.69. The third-order valence-corrected chi connectivity index (χ3v) is 3.63. The average Bonchev–Trinajstić information content (AvgIpc) is 2.74. The van der Waals surface area contributed by atoms with Gasteiger partial charge in [-0.15, -0.1) is 0 Å². The molecule has 0 spiro atoms. The number of aromatic nitrogens is 2. The van der Waals surface area contributed by atoms with Gasteiger partial charge < -0.3 is 10.2 Å². The predicted molar refractivity (Wildman–Crippen MR) is 82.7 cm³/mol. The van der Waals surface area contributed by atoms with Gasteiger partial charge in [0.15, 0.2) is 0 Å². The van der Waals surface area contributed by atoms with Crippen LogP contribution in [0.4, 0.5) is 17.5 Å². The largest absolute Gasteiger partial charge is 0.354 e. The Kier molecular flexibility index (Phi) is 3.30. The maximum Gasteiger partial charge on any atom is 0.224 e. The maximum absolute atomic E-state index is 4.66. The Morgan fingerprint density at radius 3 is 2.90 bits per heavy atom. The van der Waals surface area contributed by atoms with Crippen LogP contribution in [0.15, 0.2) is 30.3 Å². The summed E-state index contributed by atoms with van der Waals surface area (Å²) in [5.41, 5.74) is 3.64. The number of aryl methyl sites for hydroxylation is 1. The summed E-state index contributed by atoms with van der Waals surface area (Å²) >= 11 is 0. The van der Waals surface area contributed by atoms with E-state index in [0.29, 0.717) is 12.0 Å². The molecule has 1 aliphatic rings. The van der Waals surface area contributed by atoms with Gasteiger partial charge in [-0.2, -0.15) is 4.98 Å². The van der Waals surface area contributed by atoms with E-state index in [0.717, 1.165) is 24.5 Å². The topological polar surface area (TPSA) is 41.1 Å². The van der Waals surface area contributed by atoms with Crippen molar-refractivity contribution in [2.75, 3.05) is 16.8 Å². The highest BCUT2D eigenvalue weighted by atomic mass is 15.3. The quantitative estimate of drug-likeness (QED) is 0.927. The molecule has 0 saturated carbocycles. The van der Waals surface area contributed by atoms with Gasteiger partial charge in [-0.1, -0.05) is 18.2 Å². The molecule has 0 bridgehead atoms. The van der Waals surface area contributed by atoms with Crippen LogP contribution in [-0.2, 0) is 6.42 Å². The second-order valence-electron chi connectivity index (χ2n) is 5.27. The molecule has 2 aromatic rings. The normalized spacial score (nSPS) is 17.1. The van der Waals surface area contributed by atoms with Gasteiger partial charge in [-0.25, -0.2) is 4.98 Å². The second kappa shape index (κ2) is 5.12. The van der Waals surface area contributed by atoms with Crippen LogP contribution >= 0.6 is 0 Å². The molecule has 4 heteroatoms. The molecule has 0 fully saturated rings. The summed E-state index contributed by atoms with van der Waals surface area (Å²) in [6.07, 6.45) is 1.07. The van der Waals surface area contributed by atoms with Crippen LogP contribution in [0, 0.1) is 6.92 Å². The van der Waals surface area contributed by atoms with Gasteiger partial charge in [0.1, 0.15) is 5.82 Å². The van der Waals surface area contributed by atoms with Crippen molar-refractivity contribution in [2.45, 2.75) is 33.2 Å². The Morgan fingerprint density at radius 1 is 1.30 bits per heavy atom. The molecule has 3 rings (SSSR count). The van der Waals surface area contributed by atoms with E-state index in [1.165, 1.54) is 11.3 Å². The number of benzene rings is 1. The molecule has 1 atom stereocenters. The maximum atomic E-state index is 4.66. The Labute approximate surface area is 119 Å². The summed E-state index contributed by atoms with van der Waals surface area (Å²) < 4.78 is 0. The van der Waals surface area contributed by atoms with Gasteiger partial charge in [-0.05, 0) is 38.8 Å². The number of fused-ring (bicyclic) bond motifs is 1. The third kappa shape index (κ3) is 2.22. The summed E-state index contributed by atoms with van der Waals surface area (Å²) in [5, 5.41) is 3.20. The van der Waals surface area contributed by atoms with Crippen LogP contribution in [0.25, 0.3) is 0 Å². The zero-order chi connectivity index (χ0) is 14.1. The molecule has 1 unspecified atom stereocenters. The number of para-hydroxylation sites is 1. The Hall–Kier alpha value is -2.10. The van der Waals surface area contributed by atoms with Gasteiger partial charge in [-0.3, -0.25) is 0 Å². The zero-order valence-corrected chi connectivity index (χ0v) is 12.2. The smallest absolute Gasteiger partial charge is 0.224 e. The minimum absolute atomic E-state index is 0.427. The highest BCUT2D eigenvalue weighted by molar-refractivity contribution is 5.69. The van der Waals surface area contributed by atoms with E-state index in [2.05, 4.69) is 64.4 Å². The fourth-order valence-electron chi connectivity index (χ4n) is 2.83. The molecule has 0 aliphatic carbocycles. The molecule has 104 valence electrons. The van der Waals surface area contributed by atoms with Crippen LogP contribution in [0.3, 0.4) is 0 Å². The highest BCUT2D eigenvalue weighted by Crippen LogP contribution is 2.37. The number of nitrogens with zero attached hydrogens (tertiary/aromatic N) is 3. The molecular weight excluding hydrogens is 248 g/mol. The van der Waals surface area contributed by atoms with Crippen molar-refractivity contribution in [3.05, 3.63) is 41.6 Å². The second-order valence-corrected chi connectivity index (χ2v) is 5.27. The van der Waals surface area contributed by atoms with E-state index in [-0.39, 0.29) is 0 Å². The van der Waals surface area contributed by atoms with Crippen LogP contribution in [-0.4, -0.2) is 22.6 Å². The van der Waals surface area contributed by atoms with Crippen molar-refractivity contribution in [3.8, 4) is 0 Å². The van der Waals surface area contributed by atoms with Crippen LogP contribution in [0.2, 0.25) is 0 Å². The Morgan fingerprint density at radius 2 is 2.10 bits per heavy atom. The van der Waals surface area contributed by atoms with Gasteiger partial charge in [0.2, 0.25) is 5.95 Å². The molecule has 4 nitrogen and oxygen atoms in total. The lowest BCUT2D eigenvalue weighted by atomic mass is 10.1. The fraction of sp³-hybridized carbons (Fsp3) is 0.375. The lowest BCUT2D eigenvalue weighted by Gasteiger charge is -2.24. The van der Waals surface area contributed by atoms with Crippen molar-refractivity contribution in [2.24, 2.45) is 0 Å². The van der Waals surface area contributed by atoms with Crippen molar-refractivity contribution in [1.29, 1.82) is 0 Å². The predicted octanol–water partition coefficient (Wildman–Crippen LogP) is 3.30. The van der Waals surface area contributed by atoms with Crippen LogP contribution in [0.1, 0.15) is 25.1 Å². The summed E-state index contributed by atoms with van der Waals surface area (Å²) in [4.78, 5) is 11.4. The Bertz CT molecular complexity index is 624. The molecule has 2 heterocycles. The number of hydrogen-bond donors (Lipinski definition) is 1. The van der Waals surface area contributed by atoms with Crippen LogP contribution in [0.5, 0.6) is 0 Å². The van der Waals surface area contributed by atoms with Crippen LogP contribution < -0.4 is 10.2 Å². The van der Waals surface area contributed by atoms with Crippen molar-refractivity contribution in [3.63, 3.8) is 0 Å². The SMILES string of the molecule is CCNc1nc(C)cc(N2c3ccccc3CC2C)n1. The van der Waals surface area contributed by atoms with E-state index in [1.54, 1.807) is 0 Å². The molecule has 1 aromatic carbocycles. The first kappa shape index (κ1) is 12.9. The lowest BCUT2D eigenvalue weighted by molar-refractivity contribution is 0.748. The molecule has 1 aromatic heterocycles. The number of hydrogen-bond acceptors (Lipinski definition) is 4. The highest BCUT2D eigenvalue weighted by Gasteiger charge is 2.28. The summed E-state index contributed by atoms with van der Waals surface area (Å²) in [6.45, 7) is 7.14. The number of anilines is 3. The van der Waals surface area contributed by atoms with E-state index in [4.69, 9.17) is 0 Å². The van der Waals surface area contributed by atoms with E-state index in [9.17, 15) is 0 Å². The summed E-state index contributed by atoms with van der Waals surface area (Å²) in [6, 6.07) is 11.0. The van der Waals surface area contributed by atoms with E-state index in [1.807, 2.05) is 6.92 Å². The van der Waals surface area contributed by atoms with Crippen molar-refractivity contribution < 1.29 is 0 Å². The van der Waals surface area contributed by atoms with Crippen molar-refractivity contribution in [1.82, 2.24) is 9.97 Å². The molecule has 0 radical (unpaired) electrons. The minimum Gasteiger partial charge on any atom is -0.354 e.